The Morgan fingerprint density at radius 3 is 2.10 bits per heavy atom. The zero-order valence-corrected chi connectivity index (χ0v) is 13.2. The third-order valence-corrected chi connectivity index (χ3v) is 4.33. The van der Waals surface area contributed by atoms with E-state index in [1.807, 2.05) is 31.3 Å². The summed E-state index contributed by atoms with van der Waals surface area (Å²) in [7, 11) is 1.99. The summed E-state index contributed by atoms with van der Waals surface area (Å²) in [6.45, 7) is 2.22. The molecule has 1 N–H and O–H groups in total. The first-order chi connectivity index (χ1) is 9.63. The van der Waals surface area contributed by atoms with Crippen molar-refractivity contribution < 1.29 is 0 Å². The van der Waals surface area contributed by atoms with Crippen LogP contribution in [0.2, 0.25) is 10.0 Å². The Hall–Kier alpha value is -1.02. The Morgan fingerprint density at radius 2 is 1.55 bits per heavy atom. The summed E-state index contributed by atoms with van der Waals surface area (Å²) in [6, 6.07) is 16.4. The maximum absolute atomic E-state index is 6.26. The molecule has 1 nitrogen and oxygen atoms in total. The molecule has 106 valence electrons. The van der Waals surface area contributed by atoms with E-state index in [-0.39, 0.29) is 6.04 Å². The highest BCUT2D eigenvalue weighted by Gasteiger charge is 2.19. The van der Waals surface area contributed by atoms with Gasteiger partial charge in [-0.1, -0.05) is 66.5 Å². The standard InChI is InChI=1S/C17H19Cl2N/c1-12(11-14-15(18)9-6-10-16(14)19)17(20-2)13-7-4-3-5-8-13/h3-10,12,17,20H,11H2,1-2H3. The summed E-state index contributed by atoms with van der Waals surface area (Å²) < 4.78 is 0. The summed E-state index contributed by atoms with van der Waals surface area (Å²) >= 11 is 12.5. The Balaban J connectivity index is 2.20. The SMILES string of the molecule is CNC(c1ccccc1)C(C)Cc1c(Cl)cccc1Cl. The fraction of sp³-hybridized carbons (Fsp3) is 0.294. The van der Waals surface area contributed by atoms with Crippen LogP contribution in [0.4, 0.5) is 0 Å². The minimum atomic E-state index is 0.281. The summed E-state index contributed by atoms with van der Waals surface area (Å²) in [6.07, 6.45) is 0.846. The van der Waals surface area contributed by atoms with Gasteiger partial charge in [-0.15, -0.1) is 0 Å². The lowest BCUT2D eigenvalue weighted by Gasteiger charge is -2.25. The van der Waals surface area contributed by atoms with Gasteiger partial charge in [-0.2, -0.15) is 0 Å². The number of hydrogen-bond acceptors (Lipinski definition) is 1. The van der Waals surface area contributed by atoms with Gasteiger partial charge < -0.3 is 5.32 Å². The molecule has 0 aliphatic heterocycles. The topological polar surface area (TPSA) is 12.0 Å². The summed E-state index contributed by atoms with van der Waals surface area (Å²) in [5, 5.41) is 4.88. The molecule has 0 saturated carbocycles. The summed E-state index contributed by atoms with van der Waals surface area (Å²) in [5.74, 6) is 0.389. The highest BCUT2D eigenvalue weighted by atomic mass is 35.5. The number of rotatable bonds is 5. The minimum absolute atomic E-state index is 0.281. The van der Waals surface area contributed by atoms with Crippen molar-refractivity contribution in [1.29, 1.82) is 0 Å². The molecule has 2 unspecified atom stereocenters. The molecule has 0 aliphatic carbocycles. The van der Waals surface area contributed by atoms with Crippen molar-refractivity contribution in [3.63, 3.8) is 0 Å². The predicted octanol–water partition coefficient (Wildman–Crippen LogP) is 5.13. The fourth-order valence-electron chi connectivity index (χ4n) is 2.61. The molecule has 0 bridgehead atoms. The van der Waals surface area contributed by atoms with Crippen LogP contribution >= 0.6 is 23.2 Å². The monoisotopic (exact) mass is 307 g/mol. The van der Waals surface area contributed by atoms with E-state index in [9.17, 15) is 0 Å². The molecule has 0 heterocycles. The zero-order valence-electron chi connectivity index (χ0n) is 11.7. The molecule has 0 fully saturated rings. The van der Waals surface area contributed by atoms with E-state index in [1.165, 1.54) is 5.56 Å². The van der Waals surface area contributed by atoms with Crippen LogP contribution in [0.25, 0.3) is 0 Å². The molecule has 2 rings (SSSR count). The van der Waals surface area contributed by atoms with Crippen molar-refractivity contribution in [2.75, 3.05) is 7.05 Å². The average molecular weight is 308 g/mol. The number of benzene rings is 2. The molecule has 0 spiro atoms. The van der Waals surface area contributed by atoms with Gasteiger partial charge >= 0.3 is 0 Å². The first-order valence-electron chi connectivity index (χ1n) is 6.78. The third-order valence-electron chi connectivity index (χ3n) is 3.63. The van der Waals surface area contributed by atoms with Crippen LogP contribution in [0.3, 0.4) is 0 Å². The maximum atomic E-state index is 6.26. The van der Waals surface area contributed by atoms with Gasteiger partial charge in [0.05, 0.1) is 0 Å². The fourth-order valence-corrected chi connectivity index (χ4v) is 3.16. The van der Waals surface area contributed by atoms with Crippen LogP contribution in [0.1, 0.15) is 24.1 Å². The van der Waals surface area contributed by atoms with Crippen molar-refractivity contribution in [3.8, 4) is 0 Å². The van der Waals surface area contributed by atoms with Crippen LogP contribution < -0.4 is 5.32 Å². The van der Waals surface area contributed by atoms with Gasteiger partial charge in [0, 0.05) is 16.1 Å². The van der Waals surface area contributed by atoms with Crippen LogP contribution in [0.15, 0.2) is 48.5 Å². The van der Waals surface area contributed by atoms with Crippen LogP contribution in [0.5, 0.6) is 0 Å². The number of nitrogens with one attached hydrogen (secondary N) is 1. The first-order valence-corrected chi connectivity index (χ1v) is 7.54. The number of halogens is 2. The quantitative estimate of drug-likeness (QED) is 0.807. The molecule has 0 amide bonds. The Labute approximate surface area is 130 Å². The highest BCUT2D eigenvalue weighted by Crippen LogP contribution is 2.31. The number of hydrogen-bond donors (Lipinski definition) is 1. The average Bonchev–Trinajstić information content (AvgIpc) is 2.45. The van der Waals surface area contributed by atoms with Crippen LogP contribution in [-0.4, -0.2) is 7.05 Å². The second-order valence-electron chi connectivity index (χ2n) is 5.06. The van der Waals surface area contributed by atoms with E-state index in [2.05, 4.69) is 36.5 Å². The molecule has 2 aromatic rings. The van der Waals surface area contributed by atoms with E-state index in [4.69, 9.17) is 23.2 Å². The lowest BCUT2D eigenvalue weighted by molar-refractivity contribution is 0.409. The molecule has 0 aliphatic rings. The van der Waals surface area contributed by atoms with Crippen molar-refractivity contribution in [2.24, 2.45) is 5.92 Å². The Bertz CT molecular complexity index is 534. The Morgan fingerprint density at radius 1 is 0.950 bits per heavy atom. The molecular formula is C17H19Cl2N. The van der Waals surface area contributed by atoms with Gasteiger partial charge in [0.2, 0.25) is 0 Å². The minimum Gasteiger partial charge on any atom is -0.313 e. The van der Waals surface area contributed by atoms with Gasteiger partial charge in [0.15, 0.2) is 0 Å². The maximum Gasteiger partial charge on any atom is 0.0452 e. The van der Waals surface area contributed by atoms with Gasteiger partial charge in [0.25, 0.3) is 0 Å². The Kier molecular flexibility index (Phi) is 5.47. The second kappa shape index (κ2) is 7.12. The van der Waals surface area contributed by atoms with Crippen molar-refractivity contribution in [1.82, 2.24) is 5.32 Å². The zero-order chi connectivity index (χ0) is 14.5. The summed E-state index contributed by atoms with van der Waals surface area (Å²) in [5.41, 5.74) is 2.31. The van der Waals surface area contributed by atoms with E-state index < -0.39 is 0 Å². The second-order valence-corrected chi connectivity index (χ2v) is 5.87. The van der Waals surface area contributed by atoms with E-state index >= 15 is 0 Å². The third kappa shape index (κ3) is 3.54. The molecule has 2 atom stereocenters. The molecule has 3 heteroatoms. The predicted molar refractivity (Wildman–Crippen MR) is 87.6 cm³/mol. The molecule has 2 aromatic carbocycles. The van der Waals surface area contributed by atoms with Gasteiger partial charge in [-0.05, 0) is 42.6 Å². The lowest BCUT2D eigenvalue weighted by Crippen LogP contribution is -2.25. The van der Waals surface area contributed by atoms with Gasteiger partial charge in [-0.3, -0.25) is 0 Å². The molecule has 0 radical (unpaired) electrons. The molecular weight excluding hydrogens is 289 g/mol. The van der Waals surface area contributed by atoms with Gasteiger partial charge in [-0.25, -0.2) is 0 Å². The van der Waals surface area contributed by atoms with Crippen LogP contribution in [0, 0.1) is 5.92 Å². The molecule has 20 heavy (non-hydrogen) atoms. The smallest absolute Gasteiger partial charge is 0.0452 e. The molecule has 0 aromatic heterocycles. The van der Waals surface area contributed by atoms with Crippen LogP contribution in [-0.2, 0) is 6.42 Å². The van der Waals surface area contributed by atoms with E-state index in [1.54, 1.807) is 0 Å². The normalized spacial score (nSPS) is 14.0. The van der Waals surface area contributed by atoms with E-state index in [0.29, 0.717) is 5.92 Å². The molecule has 0 saturated heterocycles. The largest absolute Gasteiger partial charge is 0.313 e. The summed E-state index contributed by atoms with van der Waals surface area (Å²) in [4.78, 5) is 0. The van der Waals surface area contributed by atoms with Gasteiger partial charge in [0.1, 0.15) is 0 Å². The van der Waals surface area contributed by atoms with Crippen molar-refractivity contribution >= 4 is 23.2 Å². The van der Waals surface area contributed by atoms with Crippen molar-refractivity contribution in [2.45, 2.75) is 19.4 Å². The highest BCUT2D eigenvalue weighted by molar-refractivity contribution is 6.35. The lowest BCUT2D eigenvalue weighted by atomic mass is 9.89. The first kappa shape index (κ1) is 15.4. The van der Waals surface area contributed by atoms with E-state index in [0.717, 1.165) is 22.0 Å². The van der Waals surface area contributed by atoms with Crippen molar-refractivity contribution in [3.05, 3.63) is 69.7 Å².